The number of benzene rings is 2. The predicted molar refractivity (Wildman–Crippen MR) is 294 cm³/mol. The van der Waals surface area contributed by atoms with Crippen molar-refractivity contribution in [3.63, 3.8) is 0 Å². The fraction of sp³-hybridized carbons (Fsp3) is 0.714. The topological polar surface area (TPSA) is 25.3 Å². The molecule has 2 aromatic carbocycles. The van der Waals surface area contributed by atoms with E-state index in [-0.39, 0.29) is 16.5 Å². The molecule has 0 radical (unpaired) electrons. The molecule has 0 unspecified atom stereocenters. The molecular formula is C63H108N2Ni. The first-order valence-corrected chi connectivity index (χ1v) is 28.4. The van der Waals surface area contributed by atoms with Gasteiger partial charge in [-0.25, -0.2) is 4.70 Å². The van der Waals surface area contributed by atoms with E-state index in [9.17, 15) is 5.53 Å². The zero-order chi connectivity index (χ0) is 48.1. The van der Waals surface area contributed by atoms with Crippen molar-refractivity contribution >= 4 is 11.4 Å². The van der Waals surface area contributed by atoms with Crippen molar-refractivity contribution in [2.75, 3.05) is 0 Å². The molecule has 0 bridgehead atoms. The van der Waals surface area contributed by atoms with Crippen LogP contribution in [0, 0.1) is 34.6 Å². The van der Waals surface area contributed by atoms with Gasteiger partial charge in [0.2, 0.25) is 11.4 Å². The van der Waals surface area contributed by atoms with Gasteiger partial charge in [-0.1, -0.05) is 203 Å². The second-order valence-electron chi connectivity index (χ2n) is 19.8. The molecular weight excluding hydrogens is 843 g/mol. The molecule has 0 amide bonds. The minimum Gasteiger partial charge on any atom is -0.493 e. The zero-order valence-electron chi connectivity index (χ0n) is 45.7. The molecule has 1 aliphatic heterocycles. The van der Waals surface area contributed by atoms with Crippen molar-refractivity contribution in [2.24, 2.45) is 0 Å². The molecule has 380 valence electrons. The zero-order valence-corrected chi connectivity index (χ0v) is 46.7. The second-order valence-corrected chi connectivity index (χ2v) is 19.8. The van der Waals surface area contributed by atoms with Crippen LogP contribution < -0.4 is 0 Å². The van der Waals surface area contributed by atoms with Gasteiger partial charge in [-0.2, -0.15) is 12.8 Å². The summed E-state index contributed by atoms with van der Waals surface area (Å²) in [6, 6.07) is 9.43. The summed E-state index contributed by atoms with van der Waals surface area (Å²) < 4.78 is 1.57. The van der Waals surface area contributed by atoms with Crippen LogP contribution in [-0.4, -0.2) is 4.70 Å². The fourth-order valence-electron chi connectivity index (χ4n) is 9.54. The first-order chi connectivity index (χ1) is 31.6. The van der Waals surface area contributed by atoms with E-state index in [1.165, 1.54) is 218 Å². The third kappa shape index (κ3) is 25.0. The molecule has 0 spiro atoms. The monoisotopic (exact) mass is 951 g/mol. The van der Waals surface area contributed by atoms with Crippen molar-refractivity contribution in [1.29, 1.82) is 0 Å². The van der Waals surface area contributed by atoms with Gasteiger partial charge in [0.05, 0.1) is 0 Å². The summed E-state index contributed by atoms with van der Waals surface area (Å²) in [7, 11) is 0. The Kier molecular flexibility index (Phi) is 40.7. The summed E-state index contributed by atoms with van der Waals surface area (Å²) in [6.07, 6.45) is 45.7. The van der Waals surface area contributed by atoms with Crippen LogP contribution in [0.2, 0.25) is 0 Å². The second kappa shape index (κ2) is 41.9. The summed E-state index contributed by atoms with van der Waals surface area (Å²) >= 11 is 0. The Balaban J connectivity index is 0.00000128. The Morgan fingerprint density at radius 3 is 1.08 bits per heavy atom. The summed E-state index contributed by atoms with van der Waals surface area (Å²) in [6.45, 7) is 30.2. The van der Waals surface area contributed by atoms with Gasteiger partial charge < -0.3 is 19.4 Å². The van der Waals surface area contributed by atoms with Crippen LogP contribution in [0.4, 0.5) is 0 Å². The SMILES string of the molecule is CCCCC1=C(c2cc(C)c(C)c(C)c2)[N+](=[N-])C(c2cc(CCCC)c(CCCC)c(CCCC)c2)=C1CC.[CH2-]CCCCCCCCCCCC.[CH2-]CCCCCCCCCCCC.[Ni+2]. The summed E-state index contributed by atoms with van der Waals surface area (Å²) in [5.41, 5.74) is 27.6. The van der Waals surface area contributed by atoms with Gasteiger partial charge in [0.25, 0.3) is 0 Å². The smallest absolute Gasteiger partial charge is 0.493 e. The maximum Gasteiger partial charge on any atom is 2.00 e. The van der Waals surface area contributed by atoms with Crippen molar-refractivity contribution in [1.82, 2.24) is 0 Å². The quantitative estimate of drug-likeness (QED) is 0.0285. The first kappa shape index (κ1) is 64.0. The Hall–Kier alpha value is -1.99. The molecule has 0 saturated heterocycles. The Morgan fingerprint density at radius 2 is 0.712 bits per heavy atom. The van der Waals surface area contributed by atoms with E-state index >= 15 is 0 Å². The van der Waals surface area contributed by atoms with Gasteiger partial charge in [0, 0.05) is 22.3 Å². The molecule has 3 heteroatoms. The first-order valence-electron chi connectivity index (χ1n) is 28.4. The standard InChI is InChI=1S/C37H54N2.2C13H27.Ni/c1-9-14-18-29-24-32(25-30(19-15-10-2)34(29)20-16-11-3)36-33(13-5)35(21-17-12-4)37(39(36)38)31-22-26(6)28(8)27(7)23-31;2*1-3-5-7-9-11-13-12-10-8-6-4-2;/h22-25H,9-21H2,1-8H3;2*1,3-13H2,2H3;/q;2*-1;+2. The number of aryl methyl sites for hydroxylation is 4. The van der Waals surface area contributed by atoms with E-state index in [0.29, 0.717) is 0 Å². The van der Waals surface area contributed by atoms with Crippen molar-refractivity contribution in [3.8, 4) is 0 Å². The minimum absolute atomic E-state index is 0. The van der Waals surface area contributed by atoms with Crippen LogP contribution in [0.3, 0.4) is 0 Å². The summed E-state index contributed by atoms with van der Waals surface area (Å²) in [5, 5.41) is 0. The van der Waals surface area contributed by atoms with Crippen LogP contribution in [0.5, 0.6) is 0 Å². The molecule has 0 aromatic heterocycles. The van der Waals surface area contributed by atoms with E-state index < -0.39 is 0 Å². The maximum atomic E-state index is 12.0. The minimum atomic E-state index is 0. The van der Waals surface area contributed by atoms with E-state index in [4.69, 9.17) is 0 Å². The third-order valence-electron chi connectivity index (χ3n) is 14.0. The van der Waals surface area contributed by atoms with Crippen LogP contribution in [-0.2, 0) is 35.8 Å². The molecule has 1 aliphatic rings. The average molecular weight is 952 g/mol. The van der Waals surface area contributed by atoms with Crippen molar-refractivity contribution in [3.05, 3.63) is 99.3 Å². The van der Waals surface area contributed by atoms with E-state index in [1.54, 1.807) is 10.3 Å². The van der Waals surface area contributed by atoms with Gasteiger partial charge in [-0.05, 0) is 136 Å². The van der Waals surface area contributed by atoms with E-state index in [2.05, 4.69) is 107 Å². The molecule has 0 saturated carbocycles. The summed E-state index contributed by atoms with van der Waals surface area (Å²) in [4.78, 5) is 0. The van der Waals surface area contributed by atoms with Crippen LogP contribution in [0.15, 0.2) is 35.4 Å². The van der Waals surface area contributed by atoms with Gasteiger partial charge in [-0.15, -0.1) is 0 Å². The number of hydrogen-bond acceptors (Lipinski definition) is 0. The van der Waals surface area contributed by atoms with Gasteiger partial charge in [0.15, 0.2) is 0 Å². The Labute approximate surface area is 423 Å². The molecule has 2 aromatic rings. The number of rotatable bonds is 35. The summed E-state index contributed by atoms with van der Waals surface area (Å²) in [5.74, 6) is 0. The van der Waals surface area contributed by atoms with Crippen molar-refractivity contribution < 1.29 is 21.2 Å². The van der Waals surface area contributed by atoms with Gasteiger partial charge in [0.1, 0.15) is 0 Å². The van der Waals surface area contributed by atoms with Gasteiger partial charge >= 0.3 is 16.5 Å². The van der Waals surface area contributed by atoms with E-state index in [0.717, 1.165) is 68.3 Å². The fourth-order valence-corrected chi connectivity index (χ4v) is 9.54. The maximum absolute atomic E-state index is 12.0. The molecule has 0 aliphatic carbocycles. The number of unbranched alkanes of at least 4 members (excludes halogenated alkanes) is 24. The van der Waals surface area contributed by atoms with Crippen molar-refractivity contribution in [2.45, 2.75) is 294 Å². The van der Waals surface area contributed by atoms with Crippen LogP contribution in [0.1, 0.15) is 298 Å². The van der Waals surface area contributed by atoms with Gasteiger partial charge in [-0.3, -0.25) is 0 Å². The molecule has 0 fully saturated rings. The number of hydrogen-bond donors (Lipinski definition) is 0. The average Bonchev–Trinajstić information content (AvgIpc) is 3.60. The van der Waals surface area contributed by atoms with E-state index in [1.807, 2.05) is 0 Å². The normalized spacial score (nSPS) is 12.3. The number of nitrogens with zero attached hydrogens (tertiary/aromatic N) is 2. The Morgan fingerprint density at radius 1 is 0.394 bits per heavy atom. The molecule has 0 N–H and O–H groups in total. The molecule has 0 atom stereocenters. The third-order valence-corrected chi connectivity index (χ3v) is 14.0. The molecule has 3 rings (SSSR count). The van der Waals surface area contributed by atoms with Crippen LogP contribution >= 0.6 is 0 Å². The Bertz CT molecular complexity index is 1500. The molecule has 1 heterocycles. The number of allylic oxidation sites excluding steroid dienone is 2. The molecule has 2 nitrogen and oxygen atoms in total. The predicted octanol–water partition coefficient (Wildman–Crippen LogP) is 21.7. The largest absolute Gasteiger partial charge is 2.00 e. The molecule has 66 heavy (non-hydrogen) atoms. The van der Waals surface area contributed by atoms with Crippen LogP contribution in [0.25, 0.3) is 16.9 Å².